The Labute approximate surface area is 222 Å². The fourth-order valence-corrected chi connectivity index (χ4v) is 5.28. The van der Waals surface area contributed by atoms with Crippen molar-refractivity contribution in [1.29, 1.82) is 0 Å². The Morgan fingerprint density at radius 1 is 0.923 bits per heavy atom. The molecule has 0 saturated carbocycles. The van der Waals surface area contributed by atoms with Gasteiger partial charge in [0.1, 0.15) is 17.3 Å². The summed E-state index contributed by atoms with van der Waals surface area (Å²) < 4.78 is 47.6. The van der Waals surface area contributed by atoms with Gasteiger partial charge >= 0.3 is 6.18 Å². The molecule has 1 aliphatic heterocycles. The molecule has 0 spiro atoms. The van der Waals surface area contributed by atoms with Crippen LogP contribution in [0, 0.1) is 0 Å². The molecule has 7 nitrogen and oxygen atoms in total. The second-order valence-corrected chi connectivity index (χ2v) is 9.50. The highest BCUT2D eigenvalue weighted by atomic mass is 19.4. The number of piperazine rings is 1. The molecular weight excluding hydrogens is 507 g/mol. The summed E-state index contributed by atoms with van der Waals surface area (Å²) >= 11 is 0. The number of nitrogens with one attached hydrogen (secondary N) is 1. The van der Waals surface area contributed by atoms with E-state index in [2.05, 4.69) is 34.3 Å². The number of aromatic nitrogens is 3. The molecule has 10 heteroatoms. The predicted molar refractivity (Wildman–Crippen MR) is 137 cm³/mol. The van der Waals surface area contributed by atoms with E-state index in [1.165, 1.54) is 34.6 Å². The van der Waals surface area contributed by atoms with Crippen LogP contribution < -0.4 is 4.90 Å². The normalized spacial score (nSPS) is 14.8. The Kier molecular flexibility index (Phi) is 6.40. The molecule has 0 radical (unpaired) electrons. The van der Waals surface area contributed by atoms with Gasteiger partial charge < -0.3 is 14.2 Å². The van der Waals surface area contributed by atoms with E-state index in [0.717, 1.165) is 6.07 Å². The van der Waals surface area contributed by atoms with Crippen molar-refractivity contribution in [3.63, 3.8) is 0 Å². The lowest BCUT2D eigenvalue weighted by atomic mass is 9.96. The van der Waals surface area contributed by atoms with Gasteiger partial charge in [0.2, 0.25) is 0 Å². The molecule has 1 N–H and O–H groups in total. The Bertz CT molecular complexity index is 1540. The maximum atomic E-state index is 13.9. The average molecular weight is 533 g/mol. The third-order valence-corrected chi connectivity index (χ3v) is 7.13. The van der Waals surface area contributed by atoms with E-state index in [1.807, 2.05) is 36.4 Å². The molecule has 0 unspecified atom stereocenters. The Hall–Kier alpha value is -4.44. The highest BCUT2D eigenvalue weighted by molar-refractivity contribution is 6.00. The Morgan fingerprint density at radius 3 is 2.13 bits per heavy atom. The van der Waals surface area contributed by atoms with Gasteiger partial charge in [0.05, 0.1) is 38.6 Å². The van der Waals surface area contributed by atoms with E-state index in [0.29, 0.717) is 30.7 Å². The van der Waals surface area contributed by atoms with Crippen LogP contribution in [0.5, 0.6) is 0 Å². The van der Waals surface area contributed by atoms with Crippen molar-refractivity contribution in [2.24, 2.45) is 0 Å². The van der Waals surface area contributed by atoms with Crippen LogP contribution in [0.3, 0.4) is 0 Å². The molecule has 3 aromatic heterocycles. The minimum atomic E-state index is -4.70. The number of fused-ring (bicyclic) bond motifs is 1. The van der Waals surface area contributed by atoms with Crippen LogP contribution in [0.1, 0.15) is 33.2 Å². The lowest BCUT2D eigenvalue weighted by Gasteiger charge is -2.37. The third-order valence-electron chi connectivity index (χ3n) is 7.13. The molecule has 1 aliphatic rings. The van der Waals surface area contributed by atoms with Crippen molar-refractivity contribution in [3.05, 3.63) is 114 Å². The van der Waals surface area contributed by atoms with Crippen molar-refractivity contribution in [2.45, 2.75) is 12.2 Å². The van der Waals surface area contributed by atoms with Crippen LogP contribution in [-0.4, -0.2) is 51.6 Å². The summed E-state index contributed by atoms with van der Waals surface area (Å²) in [6.07, 6.45) is -2.17. The molecule has 0 bridgehead atoms. The maximum absolute atomic E-state index is 13.9. The molecule has 1 fully saturated rings. The van der Waals surface area contributed by atoms with Gasteiger partial charge in [-0.05, 0) is 18.2 Å². The summed E-state index contributed by atoms with van der Waals surface area (Å²) in [6.45, 7) is 2.26. The minimum Gasteiger partial charge on any atom is -0.463 e. The van der Waals surface area contributed by atoms with Crippen molar-refractivity contribution in [3.8, 4) is 11.5 Å². The minimum absolute atomic E-state index is 0.0165. The van der Waals surface area contributed by atoms with Gasteiger partial charge in [0.15, 0.2) is 17.1 Å². The Morgan fingerprint density at radius 2 is 1.56 bits per heavy atom. The number of carbonyl (C=O) groups is 1. The van der Waals surface area contributed by atoms with Gasteiger partial charge in [-0.15, -0.1) is 0 Å². The average Bonchev–Trinajstić information content (AvgIpc) is 3.64. The number of hydrogen-bond donors (Lipinski definition) is 1. The fraction of sp³-hybridized carbons (Fsp3) is 0.207. The van der Waals surface area contributed by atoms with Gasteiger partial charge in [-0.25, -0.2) is 9.50 Å². The third kappa shape index (κ3) is 4.79. The van der Waals surface area contributed by atoms with Crippen LogP contribution in [0.25, 0.3) is 17.1 Å². The number of nitrogens with zero attached hydrogens (tertiary/aromatic N) is 4. The van der Waals surface area contributed by atoms with E-state index in [1.54, 1.807) is 11.0 Å². The van der Waals surface area contributed by atoms with Crippen LogP contribution in [0.2, 0.25) is 0 Å². The zero-order valence-electron chi connectivity index (χ0n) is 20.8. The van der Waals surface area contributed by atoms with Gasteiger partial charge in [-0.3, -0.25) is 4.79 Å². The molecule has 5 aromatic rings. The largest absolute Gasteiger partial charge is 0.463 e. The summed E-state index contributed by atoms with van der Waals surface area (Å²) in [4.78, 5) is 20.9. The standard InChI is InChI=1S/C29H24F3N5O2/c30-29(31,32)25-18-23(24-12-7-17-39-24)34-27-22(19-33-37(25)27)28(38)36-15-13-35(14-16-36)26(20-8-3-1-4-9-20)21-10-5-2-6-11-21/h1-12,17-19,26H,13-16H2/p+1. The first-order valence-electron chi connectivity index (χ1n) is 12.6. The number of halogens is 3. The number of rotatable bonds is 5. The first kappa shape index (κ1) is 24.9. The summed E-state index contributed by atoms with van der Waals surface area (Å²) in [5.74, 6) is -0.218. The highest BCUT2D eigenvalue weighted by Crippen LogP contribution is 2.33. The molecular formula is C29H25F3N5O2+. The fourth-order valence-electron chi connectivity index (χ4n) is 5.28. The SMILES string of the molecule is O=C(c1cnn2c(C(F)(F)F)cc(-c3ccco3)nc12)N1CC[NH+](C(c2ccccc2)c2ccccc2)CC1. The van der Waals surface area contributed by atoms with Crippen molar-refractivity contribution in [2.75, 3.05) is 26.2 Å². The molecule has 39 heavy (non-hydrogen) atoms. The molecule has 4 heterocycles. The zero-order valence-corrected chi connectivity index (χ0v) is 20.8. The summed E-state index contributed by atoms with van der Waals surface area (Å²) in [7, 11) is 0. The number of furan rings is 1. The van der Waals surface area contributed by atoms with E-state index in [9.17, 15) is 18.0 Å². The van der Waals surface area contributed by atoms with Crippen LogP contribution in [-0.2, 0) is 6.18 Å². The number of quaternary nitrogens is 1. The molecule has 0 atom stereocenters. The molecule has 2 aromatic carbocycles. The zero-order chi connectivity index (χ0) is 27.0. The van der Waals surface area contributed by atoms with E-state index in [4.69, 9.17) is 4.42 Å². The van der Waals surface area contributed by atoms with Gasteiger partial charge in [0.25, 0.3) is 5.91 Å². The van der Waals surface area contributed by atoms with E-state index in [-0.39, 0.29) is 28.7 Å². The smallest absolute Gasteiger partial charge is 0.433 e. The molecule has 1 amide bonds. The molecule has 6 rings (SSSR count). The Balaban J connectivity index is 1.28. The van der Waals surface area contributed by atoms with Crippen LogP contribution >= 0.6 is 0 Å². The lowest BCUT2D eigenvalue weighted by molar-refractivity contribution is -0.929. The van der Waals surface area contributed by atoms with Crippen LogP contribution in [0.15, 0.2) is 95.7 Å². The van der Waals surface area contributed by atoms with Crippen molar-refractivity contribution in [1.82, 2.24) is 19.5 Å². The van der Waals surface area contributed by atoms with Gasteiger partial charge in [-0.1, -0.05) is 60.7 Å². The van der Waals surface area contributed by atoms with Gasteiger partial charge in [-0.2, -0.15) is 18.3 Å². The van der Waals surface area contributed by atoms with E-state index < -0.39 is 17.8 Å². The van der Waals surface area contributed by atoms with E-state index >= 15 is 0 Å². The number of alkyl halides is 3. The predicted octanol–water partition coefficient (Wildman–Crippen LogP) is 4.14. The second kappa shape index (κ2) is 10.0. The highest BCUT2D eigenvalue weighted by Gasteiger charge is 2.37. The molecule has 198 valence electrons. The number of amides is 1. The lowest BCUT2D eigenvalue weighted by Crippen LogP contribution is -3.15. The number of carbonyl (C=O) groups excluding carboxylic acids is 1. The summed E-state index contributed by atoms with van der Waals surface area (Å²) in [5, 5.41) is 3.90. The topological polar surface area (TPSA) is 68.1 Å². The summed E-state index contributed by atoms with van der Waals surface area (Å²) in [6, 6.07) is 24.6. The first-order chi connectivity index (χ1) is 18.9. The monoisotopic (exact) mass is 532 g/mol. The number of hydrogen-bond acceptors (Lipinski definition) is 4. The van der Waals surface area contributed by atoms with Crippen LogP contribution in [0.4, 0.5) is 13.2 Å². The molecule has 0 aliphatic carbocycles. The van der Waals surface area contributed by atoms with Gasteiger partial charge in [0, 0.05) is 11.1 Å². The maximum Gasteiger partial charge on any atom is 0.433 e. The van der Waals surface area contributed by atoms with Crippen molar-refractivity contribution < 1.29 is 27.3 Å². The van der Waals surface area contributed by atoms with Crippen molar-refractivity contribution >= 4 is 11.6 Å². The number of benzene rings is 2. The second-order valence-electron chi connectivity index (χ2n) is 9.50. The quantitative estimate of drug-likeness (QED) is 0.370. The summed E-state index contributed by atoms with van der Waals surface area (Å²) in [5.41, 5.74) is 1.21. The molecule has 1 saturated heterocycles. The first-order valence-corrected chi connectivity index (χ1v) is 12.6.